The Labute approximate surface area is 242 Å². The summed E-state index contributed by atoms with van der Waals surface area (Å²) >= 11 is 12.8. The maximum Gasteiger partial charge on any atom is 0.223 e. The van der Waals surface area contributed by atoms with Gasteiger partial charge in [-0.25, -0.2) is 0 Å². The highest BCUT2D eigenvalue weighted by molar-refractivity contribution is 6.32. The molecule has 2 saturated heterocycles. The molecule has 0 bridgehead atoms. The molecule has 2 aliphatic rings. The number of likely N-dealkylation sites (tertiary alicyclic amines) is 1. The third kappa shape index (κ3) is 6.80. The minimum absolute atomic E-state index is 0.236. The number of ether oxygens (including phenoxy) is 1. The van der Waals surface area contributed by atoms with Gasteiger partial charge in [0.25, 0.3) is 0 Å². The van der Waals surface area contributed by atoms with Gasteiger partial charge in [-0.05, 0) is 81.4 Å². The van der Waals surface area contributed by atoms with Gasteiger partial charge in [-0.2, -0.15) is 0 Å². The van der Waals surface area contributed by atoms with Crippen molar-refractivity contribution >= 4 is 29.1 Å². The van der Waals surface area contributed by atoms with Gasteiger partial charge in [0.15, 0.2) is 0 Å². The van der Waals surface area contributed by atoms with Crippen molar-refractivity contribution in [2.24, 2.45) is 5.41 Å². The second-order valence-electron chi connectivity index (χ2n) is 11.2. The Morgan fingerprint density at radius 1 is 0.974 bits per heavy atom. The minimum atomic E-state index is -0.270. The summed E-state index contributed by atoms with van der Waals surface area (Å²) in [6, 6.07) is 17.9. The number of nitrogens with zero attached hydrogens (tertiary/aromatic N) is 4. The molecule has 0 saturated carbocycles. The number of likely N-dealkylation sites (N-methyl/N-ethyl adjacent to an activating group) is 1. The normalized spacial score (nSPS) is 20.8. The summed E-state index contributed by atoms with van der Waals surface area (Å²) < 4.78 is 8.56. The zero-order valence-corrected chi connectivity index (χ0v) is 24.4. The molecular formula is C31H38Cl2N4O2. The van der Waals surface area contributed by atoms with Crippen LogP contribution in [-0.2, 0) is 11.3 Å². The zero-order valence-electron chi connectivity index (χ0n) is 22.9. The van der Waals surface area contributed by atoms with Gasteiger partial charge < -0.3 is 19.1 Å². The van der Waals surface area contributed by atoms with Crippen molar-refractivity contribution in [3.63, 3.8) is 0 Å². The number of aromatic nitrogens is 1. The zero-order chi connectivity index (χ0) is 27.4. The fraction of sp³-hybridized carbons (Fsp3) is 0.452. The molecule has 8 heteroatoms. The van der Waals surface area contributed by atoms with Crippen LogP contribution in [0.5, 0.6) is 5.75 Å². The van der Waals surface area contributed by atoms with E-state index in [0.29, 0.717) is 13.0 Å². The molecule has 2 aliphatic heterocycles. The van der Waals surface area contributed by atoms with Gasteiger partial charge in [0, 0.05) is 68.0 Å². The van der Waals surface area contributed by atoms with Crippen LogP contribution < -0.4 is 4.74 Å². The quantitative estimate of drug-likeness (QED) is 0.338. The summed E-state index contributed by atoms with van der Waals surface area (Å²) in [5.41, 5.74) is 2.88. The molecule has 0 unspecified atom stereocenters. The van der Waals surface area contributed by atoms with E-state index in [-0.39, 0.29) is 11.3 Å². The third-order valence-corrected chi connectivity index (χ3v) is 8.87. The Morgan fingerprint density at radius 2 is 1.77 bits per heavy atom. The first-order chi connectivity index (χ1) is 18.8. The van der Waals surface area contributed by atoms with Gasteiger partial charge in [-0.1, -0.05) is 35.3 Å². The standard InChI is InChI=1S/C31H38Cl2N4O2/c1-24-19-26(10-11-27(24)32)39-23-31(20-30(38)36-17-15-34(2)16-18-36)12-6-13-35(22-31)21-25-7-5-14-37(25)29-9-4-3-8-28(29)33/h3-5,7-11,14,19H,6,12-13,15-18,20-23H2,1-2H3/t31-/m1/s1. The van der Waals surface area contributed by atoms with Crippen molar-refractivity contribution in [2.75, 3.05) is 52.9 Å². The summed E-state index contributed by atoms with van der Waals surface area (Å²) in [6.45, 7) is 8.46. The van der Waals surface area contributed by atoms with Crippen LogP contribution in [-0.4, -0.2) is 78.1 Å². The largest absolute Gasteiger partial charge is 0.493 e. The van der Waals surface area contributed by atoms with Crippen LogP contribution in [0.1, 0.15) is 30.5 Å². The third-order valence-electron chi connectivity index (χ3n) is 8.13. The first-order valence-corrected chi connectivity index (χ1v) is 14.6. The Morgan fingerprint density at radius 3 is 2.54 bits per heavy atom. The highest BCUT2D eigenvalue weighted by Gasteiger charge is 2.40. The number of hydrogen-bond donors (Lipinski definition) is 0. The van der Waals surface area contributed by atoms with E-state index in [0.717, 1.165) is 85.7 Å². The van der Waals surface area contributed by atoms with Crippen LogP contribution in [0.25, 0.3) is 5.69 Å². The lowest BCUT2D eigenvalue weighted by Gasteiger charge is -2.43. The molecule has 5 rings (SSSR count). The van der Waals surface area contributed by atoms with E-state index in [9.17, 15) is 4.79 Å². The van der Waals surface area contributed by atoms with Crippen LogP contribution >= 0.6 is 23.2 Å². The molecule has 1 atom stereocenters. The van der Waals surface area contributed by atoms with Crippen LogP contribution in [0.3, 0.4) is 0 Å². The number of piperazine rings is 1. The molecule has 0 aliphatic carbocycles. The number of piperidine rings is 1. The molecule has 208 valence electrons. The molecule has 1 amide bonds. The lowest BCUT2D eigenvalue weighted by molar-refractivity contribution is -0.137. The van der Waals surface area contributed by atoms with Crippen LogP contribution in [0.4, 0.5) is 0 Å². The molecule has 39 heavy (non-hydrogen) atoms. The summed E-state index contributed by atoms with van der Waals surface area (Å²) in [5.74, 6) is 1.04. The predicted molar refractivity (Wildman–Crippen MR) is 158 cm³/mol. The van der Waals surface area contributed by atoms with E-state index in [2.05, 4.69) is 39.7 Å². The van der Waals surface area contributed by atoms with Crippen molar-refractivity contribution in [1.82, 2.24) is 19.3 Å². The maximum absolute atomic E-state index is 13.6. The second kappa shape index (κ2) is 12.3. The van der Waals surface area contributed by atoms with E-state index in [1.54, 1.807) is 0 Å². The SMILES string of the molecule is Cc1cc(OC[C@@]2(CC(=O)N3CCN(C)CC3)CCCN(Cc3cccn3-c3ccccc3Cl)C2)ccc1Cl. The Balaban J connectivity index is 1.35. The molecule has 3 aromatic rings. The predicted octanol–water partition coefficient (Wildman–Crippen LogP) is 5.92. The molecule has 0 spiro atoms. The van der Waals surface area contributed by atoms with Gasteiger partial charge in [-0.3, -0.25) is 9.69 Å². The summed E-state index contributed by atoms with van der Waals surface area (Å²) in [4.78, 5) is 20.4. The van der Waals surface area contributed by atoms with Crippen LogP contribution in [0.2, 0.25) is 10.0 Å². The minimum Gasteiger partial charge on any atom is -0.493 e. The lowest BCUT2D eigenvalue weighted by atomic mass is 9.77. The molecule has 0 radical (unpaired) electrons. The molecule has 6 nitrogen and oxygen atoms in total. The van der Waals surface area contributed by atoms with E-state index in [1.165, 1.54) is 5.69 Å². The van der Waals surface area contributed by atoms with Gasteiger partial charge >= 0.3 is 0 Å². The number of hydrogen-bond acceptors (Lipinski definition) is 4. The number of rotatable bonds is 8. The number of para-hydroxylation sites is 1. The number of aryl methyl sites for hydroxylation is 1. The van der Waals surface area contributed by atoms with Gasteiger partial charge in [0.1, 0.15) is 5.75 Å². The van der Waals surface area contributed by atoms with Crippen LogP contribution in [0, 0.1) is 12.3 Å². The molecule has 0 N–H and O–H groups in total. The smallest absolute Gasteiger partial charge is 0.223 e. The van der Waals surface area contributed by atoms with Crippen molar-refractivity contribution in [1.29, 1.82) is 0 Å². The monoisotopic (exact) mass is 568 g/mol. The van der Waals surface area contributed by atoms with Crippen molar-refractivity contribution in [2.45, 2.75) is 32.7 Å². The lowest BCUT2D eigenvalue weighted by Crippen LogP contribution is -2.52. The van der Waals surface area contributed by atoms with E-state index < -0.39 is 0 Å². The van der Waals surface area contributed by atoms with E-state index >= 15 is 0 Å². The van der Waals surface area contributed by atoms with Crippen molar-refractivity contribution < 1.29 is 9.53 Å². The fourth-order valence-electron chi connectivity index (χ4n) is 5.85. The average molecular weight is 570 g/mol. The Hall–Kier alpha value is -2.51. The number of carbonyl (C=O) groups excluding carboxylic acids is 1. The molecule has 2 fully saturated rings. The number of carbonyl (C=O) groups is 1. The summed E-state index contributed by atoms with van der Waals surface area (Å²) in [5, 5.41) is 1.46. The topological polar surface area (TPSA) is 41.0 Å². The highest BCUT2D eigenvalue weighted by atomic mass is 35.5. The number of halogens is 2. The Kier molecular flexibility index (Phi) is 8.87. The maximum atomic E-state index is 13.6. The second-order valence-corrected chi connectivity index (χ2v) is 12.0. The van der Waals surface area contributed by atoms with Crippen molar-refractivity contribution in [3.8, 4) is 11.4 Å². The average Bonchev–Trinajstić information content (AvgIpc) is 3.38. The Bertz CT molecular complexity index is 1290. The first kappa shape index (κ1) is 28.0. The summed E-state index contributed by atoms with van der Waals surface area (Å²) in [7, 11) is 2.11. The molecular weight excluding hydrogens is 531 g/mol. The first-order valence-electron chi connectivity index (χ1n) is 13.8. The number of benzene rings is 2. The molecule has 2 aromatic carbocycles. The van der Waals surface area contributed by atoms with E-state index in [4.69, 9.17) is 27.9 Å². The van der Waals surface area contributed by atoms with Crippen LogP contribution in [0.15, 0.2) is 60.8 Å². The molecule has 3 heterocycles. The fourth-order valence-corrected chi connectivity index (χ4v) is 6.19. The number of amides is 1. The van der Waals surface area contributed by atoms with Crippen molar-refractivity contribution in [3.05, 3.63) is 82.1 Å². The van der Waals surface area contributed by atoms with Gasteiger partial charge in [-0.15, -0.1) is 0 Å². The highest BCUT2D eigenvalue weighted by Crippen LogP contribution is 2.37. The van der Waals surface area contributed by atoms with Gasteiger partial charge in [0.05, 0.1) is 17.3 Å². The van der Waals surface area contributed by atoms with Gasteiger partial charge in [0.2, 0.25) is 5.91 Å². The molecule has 1 aromatic heterocycles. The summed E-state index contributed by atoms with van der Waals surface area (Å²) in [6.07, 6.45) is 4.54. The van der Waals surface area contributed by atoms with E-state index in [1.807, 2.05) is 54.3 Å².